The zero-order chi connectivity index (χ0) is 24.7. The van der Waals surface area contributed by atoms with Crippen LogP contribution in [0.15, 0.2) is 30.3 Å². The third kappa shape index (κ3) is 4.10. The highest BCUT2D eigenvalue weighted by Crippen LogP contribution is 2.33. The number of carbonyl (C=O) groups is 2. The van der Waals surface area contributed by atoms with E-state index in [1.807, 2.05) is 0 Å². The summed E-state index contributed by atoms with van der Waals surface area (Å²) >= 11 is 7.22. The first-order valence-corrected chi connectivity index (χ1v) is 10.5. The van der Waals surface area contributed by atoms with E-state index in [1.54, 1.807) is 35.9 Å². The molecule has 2 aromatic heterocycles. The fourth-order valence-electron chi connectivity index (χ4n) is 3.03. The number of hydrogen-bond donors (Lipinski definition) is 1. The SMILES string of the molecule is Cc1nn(-c2ccccc2Cl)c2sc(C(=O)OCC(=O)Nc3c(F)c(F)c(F)c(F)c3F)cc12. The smallest absolute Gasteiger partial charge is 0.348 e. The van der Waals surface area contributed by atoms with Gasteiger partial charge in [-0.05, 0) is 25.1 Å². The molecule has 1 N–H and O–H groups in total. The van der Waals surface area contributed by atoms with E-state index in [1.165, 1.54) is 11.4 Å². The second-order valence-electron chi connectivity index (χ2n) is 6.85. The molecule has 0 atom stereocenters. The second-order valence-corrected chi connectivity index (χ2v) is 8.29. The van der Waals surface area contributed by atoms with Crippen LogP contribution in [-0.4, -0.2) is 28.3 Å². The lowest BCUT2D eigenvalue weighted by Crippen LogP contribution is -2.23. The number of anilines is 1. The Morgan fingerprint density at radius 2 is 1.68 bits per heavy atom. The summed E-state index contributed by atoms with van der Waals surface area (Å²) in [7, 11) is 0. The highest BCUT2D eigenvalue weighted by atomic mass is 35.5. The molecule has 4 rings (SSSR count). The molecule has 4 aromatic rings. The van der Waals surface area contributed by atoms with Crippen LogP contribution < -0.4 is 5.32 Å². The van der Waals surface area contributed by atoms with E-state index >= 15 is 0 Å². The number of amides is 1. The van der Waals surface area contributed by atoms with Crippen molar-refractivity contribution in [3.63, 3.8) is 0 Å². The van der Waals surface area contributed by atoms with Crippen molar-refractivity contribution in [3.8, 4) is 5.69 Å². The largest absolute Gasteiger partial charge is 0.451 e. The van der Waals surface area contributed by atoms with E-state index in [2.05, 4.69) is 5.10 Å². The van der Waals surface area contributed by atoms with Crippen LogP contribution in [0, 0.1) is 36.0 Å². The fraction of sp³-hybridized carbons (Fsp3) is 0.0952. The number of aryl methyl sites for hydroxylation is 1. The first-order valence-electron chi connectivity index (χ1n) is 9.32. The van der Waals surface area contributed by atoms with Crippen molar-refractivity contribution in [1.29, 1.82) is 0 Å². The molecule has 0 bridgehead atoms. The van der Waals surface area contributed by atoms with Crippen LogP contribution in [0.4, 0.5) is 27.6 Å². The Morgan fingerprint density at radius 3 is 2.32 bits per heavy atom. The number of esters is 1. The molecular weight excluding hydrogens is 505 g/mol. The monoisotopic (exact) mass is 515 g/mol. The minimum atomic E-state index is -2.37. The van der Waals surface area contributed by atoms with Gasteiger partial charge in [0.05, 0.1) is 16.4 Å². The average Bonchev–Trinajstić information content (AvgIpc) is 3.39. The van der Waals surface area contributed by atoms with Crippen LogP contribution in [0.5, 0.6) is 0 Å². The number of para-hydroxylation sites is 1. The summed E-state index contributed by atoms with van der Waals surface area (Å²) in [4.78, 5) is 25.0. The van der Waals surface area contributed by atoms with Crippen LogP contribution in [0.3, 0.4) is 0 Å². The zero-order valence-corrected chi connectivity index (χ0v) is 18.5. The Balaban J connectivity index is 1.51. The Kier molecular flexibility index (Phi) is 6.28. The lowest BCUT2D eigenvalue weighted by molar-refractivity contribution is -0.119. The molecule has 6 nitrogen and oxygen atoms in total. The van der Waals surface area contributed by atoms with Crippen LogP contribution >= 0.6 is 22.9 Å². The van der Waals surface area contributed by atoms with Gasteiger partial charge in [-0.2, -0.15) is 5.10 Å². The standard InChI is InChI=1S/C21H11ClF5N3O3S/c1-8-9-6-12(34-20(9)30(29-8)11-5-3-2-4-10(11)22)21(32)33-7-13(31)28-19-17(26)15(24)14(23)16(25)18(19)27/h2-6H,7H2,1H3,(H,28,31). The summed E-state index contributed by atoms with van der Waals surface area (Å²) in [6, 6.07) is 8.39. The summed E-state index contributed by atoms with van der Waals surface area (Å²) < 4.78 is 73.4. The number of carbonyl (C=O) groups excluding carboxylic acids is 2. The van der Waals surface area contributed by atoms with Crippen molar-refractivity contribution in [2.24, 2.45) is 0 Å². The highest BCUT2D eigenvalue weighted by Gasteiger charge is 2.27. The van der Waals surface area contributed by atoms with Gasteiger partial charge in [-0.25, -0.2) is 31.4 Å². The first-order chi connectivity index (χ1) is 16.1. The molecule has 176 valence electrons. The Bertz CT molecular complexity index is 1440. The maximum Gasteiger partial charge on any atom is 0.348 e. The molecule has 0 fully saturated rings. The van der Waals surface area contributed by atoms with Crippen LogP contribution in [-0.2, 0) is 9.53 Å². The summed E-state index contributed by atoms with van der Waals surface area (Å²) in [6.07, 6.45) is 0. The summed E-state index contributed by atoms with van der Waals surface area (Å²) in [5.74, 6) is -13.5. The highest BCUT2D eigenvalue weighted by molar-refractivity contribution is 7.20. The van der Waals surface area contributed by atoms with Gasteiger partial charge in [0, 0.05) is 5.39 Å². The van der Waals surface area contributed by atoms with Crippen molar-refractivity contribution >= 4 is 50.7 Å². The minimum absolute atomic E-state index is 0.0836. The lowest BCUT2D eigenvalue weighted by Gasteiger charge is -2.10. The third-order valence-electron chi connectivity index (χ3n) is 4.64. The van der Waals surface area contributed by atoms with E-state index in [4.69, 9.17) is 16.3 Å². The van der Waals surface area contributed by atoms with Gasteiger partial charge in [0.1, 0.15) is 15.4 Å². The van der Waals surface area contributed by atoms with Crippen molar-refractivity contribution in [3.05, 3.63) is 75.0 Å². The number of nitrogens with zero attached hydrogens (tertiary/aromatic N) is 2. The molecule has 0 saturated carbocycles. The molecule has 0 radical (unpaired) electrons. The molecule has 0 aliphatic heterocycles. The van der Waals surface area contributed by atoms with Gasteiger partial charge in [0.25, 0.3) is 5.91 Å². The summed E-state index contributed by atoms with van der Waals surface area (Å²) in [5.41, 5.74) is -0.379. The van der Waals surface area contributed by atoms with Gasteiger partial charge in [-0.15, -0.1) is 11.3 Å². The quantitative estimate of drug-likeness (QED) is 0.164. The van der Waals surface area contributed by atoms with E-state index in [-0.39, 0.29) is 4.88 Å². The molecule has 2 aromatic carbocycles. The van der Waals surface area contributed by atoms with Gasteiger partial charge in [-0.1, -0.05) is 23.7 Å². The average molecular weight is 516 g/mol. The number of nitrogens with one attached hydrogen (secondary N) is 1. The summed E-state index contributed by atoms with van der Waals surface area (Å²) in [5, 5.41) is 6.98. The number of halogens is 6. The van der Waals surface area contributed by atoms with Crippen molar-refractivity contribution < 1.29 is 36.3 Å². The van der Waals surface area contributed by atoms with Crippen LogP contribution in [0.2, 0.25) is 5.02 Å². The lowest BCUT2D eigenvalue weighted by atomic mass is 10.2. The number of thiophene rings is 1. The first kappa shape index (κ1) is 23.6. The number of hydrogen-bond acceptors (Lipinski definition) is 5. The van der Waals surface area contributed by atoms with Crippen molar-refractivity contribution in [1.82, 2.24) is 9.78 Å². The minimum Gasteiger partial charge on any atom is -0.451 e. The molecule has 13 heteroatoms. The summed E-state index contributed by atoms with van der Waals surface area (Å²) in [6.45, 7) is 0.678. The van der Waals surface area contributed by atoms with Gasteiger partial charge in [-0.3, -0.25) is 4.79 Å². The van der Waals surface area contributed by atoms with Gasteiger partial charge in [0.15, 0.2) is 29.9 Å². The molecule has 0 aliphatic carbocycles. The molecule has 0 spiro atoms. The Labute approximate surface area is 196 Å². The number of rotatable bonds is 5. The Morgan fingerprint density at radius 1 is 1.06 bits per heavy atom. The second kappa shape index (κ2) is 9.03. The molecule has 0 unspecified atom stereocenters. The molecule has 0 aliphatic rings. The normalized spacial score (nSPS) is 11.1. The van der Waals surface area contributed by atoms with E-state index in [0.717, 1.165) is 11.3 Å². The van der Waals surface area contributed by atoms with E-state index < -0.39 is 53.3 Å². The van der Waals surface area contributed by atoms with Crippen LogP contribution in [0.25, 0.3) is 15.9 Å². The van der Waals surface area contributed by atoms with E-state index in [9.17, 15) is 31.5 Å². The Hall–Kier alpha value is -3.51. The number of benzene rings is 2. The van der Waals surface area contributed by atoms with Gasteiger partial charge in [0.2, 0.25) is 5.82 Å². The van der Waals surface area contributed by atoms with E-state index in [0.29, 0.717) is 26.6 Å². The molecular formula is C21H11ClF5N3O3S. The third-order valence-corrected chi connectivity index (χ3v) is 6.05. The van der Waals surface area contributed by atoms with Crippen LogP contribution in [0.1, 0.15) is 15.4 Å². The topological polar surface area (TPSA) is 73.2 Å². The maximum absolute atomic E-state index is 13.7. The molecule has 2 heterocycles. The predicted octanol–water partition coefficient (Wildman–Crippen LogP) is 5.54. The fourth-order valence-corrected chi connectivity index (χ4v) is 4.31. The maximum atomic E-state index is 13.7. The van der Waals surface area contributed by atoms with Gasteiger partial charge < -0.3 is 10.1 Å². The number of fused-ring (bicyclic) bond motifs is 1. The van der Waals surface area contributed by atoms with Crippen molar-refractivity contribution in [2.45, 2.75) is 6.92 Å². The van der Waals surface area contributed by atoms with Crippen molar-refractivity contribution in [2.75, 3.05) is 11.9 Å². The number of aromatic nitrogens is 2. The predicted molar refractivity (Wildman–Crippen MR) is 114 cm³/mol. The number of ether oxygens (including phenoxy) is 1. The van der Waals surface area contributed by atoms with Gasteiger partial charge >= 0.3 is 5.97 Å². The molecule has 34 heavy (non-hydrogen) atoms. The molecule has 0 saturated heterocycles. The molecule has 1 amide bonds. The zero-order valence-electron chi connectivity index (χ0n) is 16.9.